The summed E-state index contributed by atoms with van der Waals surface area (Å²) in [5.41, 5.74) is -2.04. The van der Waals surface area contributed by atoms with Crippen LogP contribution in [0.15, 0.2) is 48.8 Å². The van der Waals surface area contributed by atoms with E-state index in [0.717, 1.165) is 9.36 Å². The number of aromatic nitrogens is 6. The molecule has 0 radical (unpaired) electrons. The molecule has 0 saturated heterocycles. The van der Waals surface area contributed by atoms with Crippen molar-refractivity contribution in [2.75, 3.05) is 0 Å². The topological polar surface area (TPSA) is 61.4 Å². The minimum atomic E-state index is -4.59. The van der Waals surface area contributed by atoms with Gasteiger partial charge >= 0.3 is 32.8 Å². The molecule has 0 N–H and O–H groups in total. The fourth-order valence-corrected chi connectivity index (χ4v) is 2.99. The largest absolute Gasteiger partial charge is 2.00 e. The van der Waals surface area contributed by atoms with E-state index >= 15 is 0 Å². The number of halogens is 6. The van der Waals surface area contributed by atoms with Gasteiger partial charge in [0, 0.05) is 16.8 Å². The molecule has 6 nitrogen and oxygen atoms in total. The number of rotatable bonds is 4. The number of hydrogen-bond acceptors (Lipinski definition) is 4. The zero-order valence-corrected chi connectivity index (χ0v) is 18.9. The van der Waals surface area contributed by atoms with Crippen molar-refractivity contribution in [2.45, 2.75) is 31.6 Å². The second-order valence-corrected chi connectivity index (χ2v) is 7.55. The van der Waals surface area contributed by atoms with E-state index in [2.05, 4.69) is 32.6 Å². The standard InChI is InChI=1S/C21H14F6N6.Pd/c1-19(2,15-5-3-7-17(30-15)32-11-13(9-28-32)20(22,23)24)16-6-4-8-18(31-16)33-12-14(10-29-33)21(25,26)27;/h3-10H,1-2H3;/q-2;+2. The van der Waals surface area contributed by atoms with E-state index in [9.17, 15) is 26.3 Å². The van der Waals surface area contributed by atoms with Gasteiger partial charge in [-0.25, -0.2) is 0 Å². The van der Waals surface area contributed by atoms with E-state index in [4.69, 9.17) is 0 Å². The molecule has 4 rings (SSSR count). The van der Waals surface area contributed by atoms with Gasteiger partial charge in [0.15, 0.2) is 0 Å². The van der Waals surface area contributed by atoms with Crippen molar-refractivity contribution in [3.8, 4) is 11.6 Å². The van der Waals surface area contributed by atoms with Crippen molar-refractivity contribution < 1.29 is 46.8 Å². The summed E-state index contributed by atoms with van der Waals surface area (Å²) in [6.07, 6.45) is -3.61. The van der Waals surface area contributed by atoms with Gasteiger partial charge in [0.1, 0.15) is 0 Å². The van der Waals surface area contributed by atoms with Gasteiger partial charge in [-0.15, -0.1) is 0 Å². The van der Waals surface area contributed by atoms with E-state index in [1.165, 1.54) is 12.1 Å². The van der Waals surface area contributed by atoms with Gasteiger partial charge < -0.3 is 9.36 Å². The number of nitrogens with zero attached hydrogens (tertiary/aromatic N) is 6. The molecule has 34 heavy (non-hydrogen) atoms. The van der Waals surface area contributed by atoms with Gasteiger partial charge in [-0.05, 0) is 49.5 Å². The molecule has 0 saturated carbocycles. The molecule has 0 fully saturated rings. The van der Waals surface area contributed by atoms with E-state index in [1.54, 1.807) is 38.1 Å². The fourth-order valence-electron chi connectivity index (χ4n) is 2.99. The fraction of sp³-hybridized carbons (Fsp3) is 0.238. The first-order chi connectivity index (χ1) is 15.4. The molecular weight excluding hydrogens is 557 g/mol. The first-order valence-corrected chi connectivity index (χ1v) is 9.40. The van der Waals surface area contributed by atoms with Crippen LogP contribution in [0.25, 0.3) is 11.6 Å². The van der Waals surface area contributed by atoms with Crippen LogP contribution in [0.1, 0.15) is 36.4 Å². The third-order valence-electron chi connectivity index (χ3n) is 4.85. The van der Waals surface area contributed by atoms with E-state index in [1.807, 2.05) is 0 Å². The number of alkyl halides is 6. The second kappa shape index (κ2) is 8.96. The van der Waals surface area contributed by atoms with Crippen molar-refractivity contribution in [3.63, 3.8) is 0 Å². The quantitative estimate of drug-likeness (QED) is 0.201. The summed E-state index contributed by atoms with van der Waals surface area (Å²) < 4.78 is 79.0. The summed E-state index contributed by atoms with van der Waals surface area (Å²) in [6, 6.07) is 9.47. The third-order valence-corrected chi connectivity index (χ3v) is 4.85. The van der Waals surface area contributed by atoms with E-state index in [-0.39, 0.29) is 32.1 Å². The molecule has 0 unspecified atom stereocenters. The van der Waals surface area contributed by atoms with Gasteiger partial charge in [-0.2, -0.15) is 26.3 Å². The molecule has 4 aromatic rings. The maximum absolute atomic E-state index is 12.9. The van der Waals surface area contributed by atoms with Crippen LogP contribution in [-0.4, -0.2) is 29.5 Å². The first kappa shape index (κ1) is 25.6. The minimum Gasteiger partial charge on any atom is -0.343 e. The van der Waals surface area contributed by atoms with Crippen LogP contribution in [0.3, 0.4) is 0 Å². The van der Waals surface area contributed by atoms with Gasteiger partial charge in [-0.3, -0.25) is 20.2 Å². The Kier molecular flexibility index (Phi) is 6.74. The van der Waals surface area contributed by atoms with E-state index < -0.39 is 28.9 Å². The Balaban J connectivity index is 0.00000324. The average Bonchev–Trinajstić information content (AvgIpc) is 3.44. The number of pyridine rings is 2. The van der Waals surface area contributed by atoms with Crippen LogP contribution >= 0.6 is 0 Å². The maximum Gasteiger partial charge on any atom is 2.00 e. The number of hydrogen-bond donors (Lipinski definition) is 0. The summed E-state index contributed by atoms with van der Waals surface area (Å²) in [5, 5.41) is 7.36. The van der Waals surface area contributed by atoms with Crippen molar-refractivity contribution >= 4 is 0 Å². The van der Waals surface area contributed by atoms with Crippen LogP contribution in [0.2, 0.25) is 0 Å². The molecule has 4 aromatic heterocycles. The minimum absolute atomic E-state index is 0. The van der Waals surface area contributed by atoms with Crippen LogP contribution in [0.4, 0.5) is 26.3 Å². The molecule has 0 atom stereocenters. The molecule has 0 bridgehead atoms. The molecule has 4 heterocycles. The molecule has 0 aliphatic carbocycles. The SMILES string of the molecule is CC(C)(c1cccc(-n2[c-]c(C(F)(F)F)cn2)n1)c1cccc(-n2[c-]c(C(F)(F)F)cn2)n1.[Pd+2]. The van der Waals surface area contributed by atoms with E-state index in [0.29, 0.717) is 23.8 Å². The second-order valence-electron chi connectivity index (χ2n) is 7.55. The summed E-state index contributed by atoms with van der Waals surface area (Å²) in [7, 11) is 0. The zero-order valence-electron chi connectivity index (χ0n) is 17.4. The van der Waals surface area contributed by atoms with Crippen molar-refractivity contribution in [1.82, 2.24) is 29.5 Å². The Morgan fingerprint density at radius 1 is 0.676 bits per heavy atom. The molecule has 0 aliphatic heterocycles. The van der Waals surface area contributed by atoms with Gasteiger partial charge in [-0.1, -0.05) is 36.7 Å². The summed E-state index contributed by atoms with van der Waals surface area (Å²) in [4.78, 5) is 8.82. The summed E-state index contributed by atoms with van der Waals surface area (Å²) >= 11 is 0. The summed E-state index contributed by atoms with van der Waals surface area (Å²) in [6.45, 7) is 3.54. The first-order valence-electron chi connectivity index (χ1n) is 9.40. The Labute approximate surface area is 203 Å². The molecule has 13 heteroatoms. The Morgan fingerprint density at radius 2 is 1.06 bits per heavy atom. The Hall–Kier alpha value is -3.04. The van der Waals surface area contributed by atoms with Crippen molar-refractivity contribution in [3.05, 3.63) is 83.7 Å². The predicted molar refractivity (Wildman–Crippen MR) is 103 cm³/mol. The maximum atomic E-state index is 12.9. The predicted octanol–water partition coefficient (Wildman–Crippen LogP) is 4.81. The van der Waals surface area contributed by atoms with Crippen LogP contribution < -0.4 is 0 Å². The normalized spacial score (nSPS) is 12.5. The van der Waals surface area contributed by atoms with Gasteiger partial charge in [0.25, 0.3) is 0 Å². The summed E-state index contributed by atoms with van der Waals surface area (Å²) in [5.74, 6) is 0.227. The van der Waals surface area contributed by atoms with Crippen LogP contribution in [0.5, 0.6) is 0 Å². The van der Waals surface area contributed by atoms with Gasteiger partial charge in [0.05, 0.1) is 11.6 Å². The molecule has 0 aromatic carbocycles. The monoisotopic (exact) mass is 570 g/mol. The smallest absolute Gasteiger partial charge is 0.343 e. The van der Waals surface area contributed by atoms with Crippen LogP contribution in [0, 0.1) is 12.4 Å². The van der Waals surface area contributed by atoms with Gasteiger partial charge in [0.2, 0.25) is 0 Å². The molecule has 0 spiro atoms. The molecule has 180 valence electrons. The molecule has 0 amide bonds. The molecule has 0 aliphatic rings. The Bertz CT molecular complexity index is 1190. The Morgan fingerprint density at radius 3 is 1.38 bits per heavy atom. The molecular formula is C21H14F6N6Pd. The van der Waals surface area contributed by atoms with Crippen LogP contribution in [-0.2, 0) is 38.2 Å². The average molecular weight is 571 g/mol. The third kappa shape index (κ3) is 5.05. The van der Waals surface area contributed by atoms with Crippen molar-refractivity contribution in [2.24, 2.45) is 0 Å². The van der Waals surface area contributed by atoms with Crippen molar-refractivity contribution in [1.29, 1.82) is 0 Å². The zero-order chi connectivity index (χ0) is 24.0.